The van der Waals surface area contributed by atoms with Gasteiger partial charge in [-0.1, -0.05) is 31.7 Å². The van der Waals surface area contributed by atoms with Crippen LogP contribution < -0.4 is 4.74 Å². The molecule has 0 aliphatic heterocycles. The molecule has 76 valence electrons. The summed E-state index contributed by atoms with van der Waals surface area (Å²) >= 11 is 0. The molecular weight excluding hydrogens is 172 g/mol. The zero-order valence-electron chi connectivity index (χ0n) is 9.26. The van der Waals surface area contributed by atoms with Gasteiger partial charge < -0.3 is 4.74 Å². The monoisotopic (exact) mass is 190 g/mol. The van der Waals surface area contributed by atoms with Crippen molar-refractivity contribution >= 4 is 0 Å². The van der Waals surface area contributed by atoms with Gasteiger partial charge in [0, 0.05) is 0 Å². The van der Waals surface area contributed by atoms with Crippen molar-refractivity contribution in [3.8, 4) is 5.75 Å². The minimum Gasteiger partial charge on any atom is -0.489 e. The molecule has 0 amide bonds. The second-order valence-corrected chi connectivity index (χ2v) is 3.61. The molecule has 1 rings (SSSR count). The number of para-hydroxylation sites is 1. The highest BCUT2D eigenvalue weighted by molar-refractivity contribution is 5.39. The lowest BCUT2D eigenvalue weighted by Crippen LogP contribution is -2.02. The van der Waals surface area contributed by atoms with E-state index < -0.39 is 0 Å². The first kappa shape index (κ1) is 10.8. The second kappa shape index (κ2) is 4.85. The summed E-state index contributed by atoms with van der Waals surface area (Å²) in [6.45, 7) is 10.8. The van der Waals surface area contributed by atoms with Crippen molar-refractivity contribution in [2.75, 3.05) is 6.61 Å². The molecule has 0 saturated carbocycles. The van der Waals surface area contributed by atoms with Crippen molar-refractivity contribution in [2.45, 2.75) is 27.2 Å². The smallest absolute Gasteiger partial charge is 0.125 e. The van der Waals surface area contributed by atoms with Crippen LogP contribution in [0.25, 0.3) is 0 Å². The fraction of sp³-hybridized carbons (Fsp3) is 0.385. The van der Waals surface area contributed by atoms with E-state index in [4.69, 9.17) is 4.74 Å². The van der Waals surface area contributed by atoms with Crippen LogP contribution in [0.5, 0.6) is 5.75 Å². The van der Waals surface area contributed by atoms with E-state index in [2.05, 4.69) is 39.5 Å². The van der Waals surface area contributed by atoms with Crippen LogP contribution in [0.2, 0.25) is 0 Å². The average Bonchev–Trinajstić information content (AvgIpc) is 2.16. The Kier molecular flexibility index (Phi) is 3.75. The number of hydrogen-bond acceptors (Lipinski definition) is 1. The summed E-state index contributed by atoms with van der Waals surface area (Å²) in [6.07, 6.45) is 0.977. The van der Waals surface area contributed by atoms with Gasteiger partial charge in [0.25, 0.3) is 0 Å². The van der Waals surface area contributed by atoms with E-state index in [1.54, 1.807) is 0 Å². The summed E-state index contributed by atoms with van der Waals surface area (Å²) in [5.74, 6) is 1.00. The lowest BCUT2D eigenvalue weighted by atomic mass is 10.1. The third kappa shape index (κ3) is 2.63. The van der Waals surface area contributed by atoms with Gasteiger partial charge in [0.1, 0.15) is 12.4 Å². The van der Waals surface area contributed by atoms with Crippen LogP contribution in [0, 0.1) is 13.8 Å². The Morgan fingerprint density at radius 2 is 1.86 bits per heavy atom. The predicted molar refractivity (Wildman–Crippen MR) is 60.8 cm³/mol. The lowest BCUT2D eigenvalue weighted by molar-refractivity contribution is 0.344. The summed E-state index contributed by atoms with van der Waals surface area (Å²) in [6, 6.07) is 6.18. The van der Waals surface area contributed by atoms with Crippen LogP contribution in [-0.2, 0) is 0 Å². The zero-order chi connectivity index (χ0) is 10.6. The van der Waals surface area contributed by atoms with Crippen LogP contribution in [0.3, 0.4) is 0 Å². The molecule has 0 atom stereocenters. The van der Waals surface area contributed by atoms with Gasteiger partial charge in [-0.25, -0.2) is 0 Å². The van der Waals surface area contributed by atoms with Crippen molar-refractivity contribution < 1.29 is 4.74 Å². The van der Waals surface area contributed by atoms with Gasteiger partial charge in [0.2, 0.25) is 0 Å². The van der Waals surface area contributed by atoms with E-state index in [-0.39, 0.29) is 0 Å². The Bertz CT molecular complexity index is 306. The number of ether oxygens (including phenoxy) is 1. The molecule has 0 saturated heterocycles. The molecule has 0 spiro atoms. The van der Waals surface area contributed by atoms with E-state index in [0.717, 1.165) is 17.7 Å². The van der Waals surface area contributed by atoms with Gasteiger partial charge >= 0.3 is 0 Å². The maximum absolute atomic E-state index is 5.72. The molecule has 0 unspecified atom stereocenters. The number of aryl methyl sites for hydroxylation is 2. The van der Waals surface area contributed by atoms with E-state index in [1.165, 1.54) is 11.1 Å². The molecule has 0 aliphatic carbocycles. The second-order valence-electron chi connectivity index (χ2n) is 3.61. The van der Waals surface area contributed by atoms with Gasteiger partial charge in [-0.05, 0) is 37.0 Å². The van der Waals surface area contributed by atoms with Crippen molar-refractivity contribution in [3.05, 3.63) is 41.5 Å². The SMILES string of the molecule is C=C(CC)COc1c(C)cccc1C. The van der Waals surface area contributed by atoms with Crippen LogP contribution in [0.15, 0.2) is 30.4 Å². The number of hydrogen-bond donors (Lipinski definition) is 0. The van der Waals surface area contributed by atoms with Crippen molar-refractivity contribution in [3.63, 3.8) is 0 Å². The molecule has 0 fully saturated rings. The summed E-state index contributed by atoms with van der Waals surface area (Å²) < 4.78 is 5.72. The van der Waals surface area contributed by atoms with E-state index in [0.29, 0.717) is 6.61 Å². The Hall–Kier alpha value is -1.24. The Morgan fingerprint density at radius 1 is 1.29 bits per heavy atom. The van der Waals surface area contributed by atoms with Crippen LogP contribution >= 0.6 is 0 Å². The highest BCUT2D eigenvalue weighted by Crippen LogP contribution is 2.22. The Balaban J connectivity index is 2.71. The molecule has 1 heteroatoms. The topological polar surface area (TPSA) is 9.23 Å². The van der Waals surface area contributed by atoms with Crippen molar-refractivity contribution in [1.29, 1.82) is 0 Å². The molecule has 1 nitrogen and oxygen atoms in total. The van der Waals surface area contributed by atoms with Gasteiger partial charge in [-0.2, -0.15) is 0 Å². The van der Waals surface area contributed by atoms with Crippen molar-refractivity contribution in [2.24, 2.45) is 0 Å². The summed E-state index contributed by atoms with van der Waals surface area (Å²) in [5.41, 5.74) is 3.51. The maximum atomic E-state index is 5.72. The van der Waals surface area contributed by atoms with Crippen LogP contribution in [0.4, 0.5) is 0 Å². The minimum atomic E-state index is 0.627. The van der Waals surface area contributed by atoms with E-state index in [9.17, 15) is 0 Å². The maximum Gasteiger partial charge on any atom is 0.125 e. The molecule has 1 aromatic carbocycles. The zero-order valence-corrected chi connectivity index (χ0v) is 9.26. The summed E-state index contributed by atoms with van der Waals surface area (Å²) in [5, 5.41) is 0. The Labute approximate surface area is 86.4 Å². The highest BCUT2D eigenvalue weighted by Gasteiger charge is 2.02. The third-order valence-corrected chi connectivity index (χ3v) is 2.33. The highest BCUT2D eigenvalue weighted by atomic mass is 16.5. The van der Waals surface area contributed by atoms with Gasteiger partial charge in [-0.3, -0.25) is 0 Å². The molecule has 14 heavy (non-hydrogen) atoms. The van der Waals surface area contributed by atoms with Crippen LogP contribution in [-0.4, -0.2) is 6.61 Å². The first-order valence-corrected chi connectivity index (χ1v) is 5.00. The molecule has 1 aromatic rings. The summed E-state index contributed by atoms with van der Waals surface area (Å²) in [4.78, 5) is 0. The lowest BCUT2D eigenvalue weighted by Gasteiger charge is -2.12. The largest absolute Gasteiger partial charge is 0.489 e. The summed E-state index contributed by atoms with van der Waals surface area (Å²) in [7, 11) is 0. The van der Waals surface area contributed by atoms with Gasteiger partial charge in [0.15, 0.2) is 0 Å². The third-order valence-electron chi connectivity index (χ3n) is 2.33. The number of rotatable bonds is 4. The molecule has 0 bridgehead atoms. The fourth-order valence-corrected chi connectivity index (χ4v) is 1.30. The first-order valence-electron chi connectivity index (χ1n) is 5.00. The van der Waals surface area contributed by atoms with E-state index >= 15 is 0 Å². The molecule has 0 aliphatic rings. The Morgan fingerprint density at radius 3 is 2.36 bits per heavy atom. The van der Waals surface area contributed by atoms with Gasteiger partial charge in [0.05, 0.1) is 0 Å². The normalized spacial score (nSPS) is 9.93. The molecule has 0 N–H and O–H groups in total. The van der Waals surface area contributed by atoms with Gasteiger partial charge in [-0.15, -0.1) is 0 Å². The quantitative estimate of drug-likeness (QED) is 0.658. The van der Waals surface area contributed by atoms with Crippen LogP contribution in [0.1, 0.15) is 24.5 Å². The molecular formula is C13H18O. The minimum absolute atomic E-state index is 0.627. The standard InChI is InChI=1S/C13H18O/c1-5-10(2)9-14-13-11(3)7-6-8-12(13)4/h6-8H,2,5,9H2,1,3-4H3. The van der Waals surface area contributed by atoms with E-state index in [1.807, 2.05) is 6.07 Å². The molecule has 0 aromatic heterocycles. The van der Waals surface area contributed by atoms with Crippen molar-refractivity contribution in [1.82, 2.24) is 0 Å². The fourth-order valence-electron chi connectivity index (χ4n) is 1.30. The average molecular weight is 190 g/mol. The number of benzene rings is 1. The molecule has 0 radical (unpaired) electrons. The first-order chi connectivity index (χ1) is 6.65. The predicted octanol–water partition coefficient (Wildman–Crippen LogP) is 3.65. The molecule has 0 heterocycles.